The maximum absolute atomic E-state index is 12.3. The summed E-state index contributed by atoms with van der Waals surface area (Å²) in [5.41, 5.74) is 12.7. The van der Waals surface area contributed by atoms with Crippen LogP contribution in [0.2, 0.25) is 0 Å². The number of nitrogens with one attached hydrogen (secondary N) is 3. The zero-order chi connectivity index (χ0) is 24.4. The van der Waals surface area contributed by atoms with Gasteiger partial charge in [0.2, 0.25) is 5.91 Å². The highest BCUT2D eigenvalue weighted by Crippen LogP contribution is 2.37. The Hall–Kier alpha value is -4.87. The van der Waals surface area contributed by atoms with Crippen LogP contribution in [0.25, 0.3) is 0 Å². The third-order valence-electron chi connectivity index (χ3n) is 4.76. The average molecular weight is 462 g/mol. The van der Waals surface area contributed by atoms with Crippen molar-refractivity contribution in [2.45, 2.75) is 0 Å². The second kappa shape index (κ2) is 8.94. The van der Waals surface area contributed by atoms with E-state index in [2.05, 4.69) is 20.6 Å². The summed E-state index contributed by atoms with van der Waals surface area (Å²) >= 11 is 0. The van der Waals surface area contributed by atoms with E-state index in [-0.39, 0.29) is 47.5 Å². The zero-order valence-corrected chi connectivity index (χ0v) is 18.4. The van der Waals surface area contributed by atoms with Crippen molar-refractivity contribution in [2.75, 3.05) is 37.0 Å². The van der Waals surface area contributed by atoms with Crippen LogP contribution in [0.5, 0.6) is 23.4 Å². The monoisotopic (exact) mass is 462 g/mol. The summed E-state index contributed by atoms with van der Waals surface area (Å²) in [5, 5.41) is 13.1. The summed E-state index contributed by atoms with van der Waals surface area (Å²) < 4.78 is 11.7. The van der Waals surface area contributed by atoms with Gasteiger partial charge in [0.25, 0.3) is 11.8 Å². The van der Waals surface area contributed by atoms with Crippen LogP contribution in [0.1, 0.15) is 15.9 Å². The van der Waals surface area contributed by atoms with Crippen molar-refractivity contribution in [1.29, 1.82) is 5.41 Å². The van der Waals surface area contributed by atoms with Gasteiger partial charge in [-0.15, -0.1) is 0 Å². The number of fused-ring (bicyclic) bond motifs is 1. The van der Waals surface area contributed by atoms with E-state index in [1.165, 1.54) is 11.0 Å². The topological polar surface area (TPSA) is 182 Å². The summed E-state index contributed by atoms with van der Waals surface area (Å²) in [6.45, 7) is 0.00989. The summed E-state index contributed by atoms with van der Waals surface area (Å²) in [5.74, 6) is 0.295. The van der Waals surface area contributed by atoms with Crippen LogP contribution in [-0.2, 0) is 4.79 Å². The molecule has 7 N–H and O–H groups in total. The number of hydrogen-bond acceptors (Lipinski definition) is 9. The maximum Gasteiger partial charge on any atom is 0.327 e. The van der Waals surface area contributed by atoms with Gasteiger partial charge in [-0.05, 0) is 30.3 Å². The Morgan fingerprint density at radius 1 is 1.12 bits per heavy atom. The van der Waals surface area contributed by atoms with Gasteiger partial charge in [0.1, 0.15) is 23.0 Å². The van der Waals surface area contributed by atoms with Gasteiger partial charge in [-0.25, -0.2) is 0 Å². The van der Waals surface area contributed by atoms with Crippen molar-refractivity contribution < 1.29 is 19.1 Å². The fourth-order valence-electron chi connectivity index (χ4n) is 3.15. The highest BCUT2D eigenvalue weighted by molar-refractivity contribution is 6.01. The molecule has 1 aromatic heterocycles. The number of amidine groups is 1. The van der Waals surface area contributed by atoms with Gasteiger partial charge in [0.05, 0.1) is 6.54 Å². The van der Waals surface area contributed by atoms with Crippen molar-refractivity contribution in [2.24, 2.45) is 5.73 Å². The normalized spacial score (nSPS) is 12.1. The van der Waals surface area contributed by atoms with Gasteiger partial charge in [-0.3, -0.25) is 15.0 Å². The van der Waals surface area contributed by atoms with Crippen LogP contribution in [0, 0.1) is 5.41 Å². The molecule has 0 saturated heterocycles. The number of hydrogen-bond donors (Lipinski definition) is 5. The lowest BCUT2D eigenvalue weighted by atomic mass is 10.1. The van der Waals surface area contributed by atoms with Crippen LogP contribution in [0.15, 0.2) is 42.5 Å². The molecule has 0 atom stereocenters. The average Bonchev–Trinajstić information content (AvgIpc) is 2.79. The lowest BCUT2D eigenvalue weighted by molar-refractivity contribution is -0.114. The minimum absolute atomic E-state index is 0.00989. The van der Waals surface area contributed by atoms with Crippen molar-refractivity contribution >= 4 is 34.8 Å². The molecule has 3 aromatic rings. The second-order valence-electron chi connectivity index (χ2n) is 7.53. The van der Waals surface area contributed by atoms with Gasteiger partial charge in [0.15, 0.2) is 5.82 Å². The van der Waals surface area contributed by atoms with Gasteiger partial charge in [-0.2, -0.15) is 9.97 Å². The van der Waals surface area contributed by atoms with E-state index >= 15 is 0 Å². The lowest BCUT2D eigenvalue weighted by Crippen LogP contribution is -2.28. The number of aromatic nitrogens is 2. The summed E-state index contributed by atoms with van der Waals surface area (Å²) in [7, 11) is 3.31. The number of anilines is 3. The van der Waals surface area contributed by atoms with Gasteiger partial charge >= 0.3 is 6.01 Å². The van der Waals surface area contributed by atoms with E-state index in [0.717, 1.165) is 0 Å². The molecule has 1 aliphatic heterocycles. The van der Waals surface area contributed by atoms with Crippen LogP contribution in [0.4, 0.5) is 17.2 Å². The van der Waals surface area contributed by atoms with Crippen LogP contribution in [-0.4, -0.2) is 53.2 Å². The van der Waals surface area contributed by atoms with E-state index in [0.29, 0.717) is 28.4 Å². The summed E-state index contributed by atoms with van der Waals surface area (Å²) in [4.78, 5) is 34.2. The SMILES string of the molecule is CN(C)C(=O)c1cccc(Oc2nc3c(c(Oc4ccc(C(=N)N)c(N)c4)n2)NC(=O)CN3)c1. The third kappa shape index (κ3) is 4.65. The molecule has 12 heteroatoms. The molecule has 2 amide bonds. The highest BCUT2D eigenvalue weighted by Gasteiger charge is 2.24. The molecule has 4 rings (SSSR count). The predicted octanol–water partition coefficient (Wildman–Crippen LogP) is 1.99. The van der Waals surface area contributed by atoms with Crippen LogP contribution < -0.4 is 31.6 Å². The molecule has 0 saturated carbocycles. The van der Waals surface area contributed by atoms with E-state index in [4.69, 9.17) is 26.4 Å². The molecule has 174 valence electrons. The Labute approximate surface area is 194 Å². The number of ether oxygens (including phenoxy) is 2. The van der Waals surface area contributed by atoms with E-state index in [1.54, 1.807) is 50.5 Å². The first kappa shape index (κ1) is 22.3. The maximum atomic E-state index is 12.3. The molecule has 1 aliphatic rings. The molecule has 0 aliphatic carbocycles. The van der Waals surface area contributed by atoms with Gasteiger partial charge in [-0.1, -0.05) is 6.07 Å². The second-order valence-corrected chi connectivity index (χ2v) is 7.53. The van der Waals surface area contributed by atoms with Crippen molar-refractivity contribution in [3.05, 3.63) is 53.6 Å². The molecule has 0 radical (unpaired) electrons. The molecule has 2 heterocycles. The first-order valence-corrected chi connectivity index (χ1v) is 10.1. The van der Waals surface area contributed by atoms with Crippen molar-refractivity contribution in [1.82, 2.24) is 14.9 Å². The third-order valence-corrected chi connectivity index (χ3v) is 4.76. The number of carbonyl (C=O) groups excluding carboxylic acids is 2. The Kier molecular flexibility index (Phi) is 5.87. The number of rotatable bonds is 6. The first-order valence-electron chi connectivity index (χ1n) is 10.1. The Morgan fingerprint density at radius 2 is 1.88 bits per heavy atom. The van der Waals surface area contributed by atoms with Crippen LogP contribution in [0.3, 0.4) is 0 Å². The number of nitrogens with zero attached hydrogens (tertiary/aromatic N) is 3. The molecule has 12 nitrogen and oxygen atoms in total. The largest absolute Gasteiger partial charge is 0.437 e. The van der Waals surface area contributed by atoms with Gasteiger partial charge in [0, 0.05) is 37.0 Å². The quantitative estimate of drug-likeness (QED) is 0.208. The number of amides is 2. The number of benzene rings is 2. The molecule has 0 bridgehead atoms. The standard InChI is InChI=1S/C22H22N8O4/c1-30(2)21(32)11-4-3-5-12(8-11)34-22-28-19-17(27-16(31)10-26-19)20(29-22)33-13-6-7-14(18(24)25)15(23)9-13/h3-9H,10,23H2,1-2H3,(H3,24,25)(H,27,31)(H,26,28,29). The number of carbonyl (C=O) groups is 2. The molecule has 2 aromatic carbocycles. The molecule has 0 unspecified atom stereocenters. The predicted molar refractivity (Wildman–Crippen MR) is 126 cm³/mol. The van der Waals surface area contributed by atoms with Crippen molar-refractivity contribution in [3.63, 3.8) is 0 Å². The molecule has 0 spiro atoms. The van der Waals surface area contributed by atoms with Crippen molar-refractivity contribution in [3.8, 4) is 23.4 Å². The minimum atomic E-state index is -0.295. The number of nitrogen functional groups attached to an aromatic ring is 2. The smallest absolute Gasteiger partial charge is 0.327 e. The first-order chi connectivity index (χ1) is 16.2. The van der Waals surface area contributed by atoms with E-state index < -0.39 is 0 Å². The number of nitrogens with two attached hydrogens (primary N) is 2. The summed E-state index contributed by atoms with van der Waals surface area (Å²) in [6, 6.07) is 11.1. The molecule has 34 heavy (non-hydrogen) atoms. The fraction of sp³-hybridized carbons (Fsp3) is 0.136. The van der Waals surface area contributed by atoms with Crippen LogP contribution >= 0.6 is 0 Å². The van der Waals surface area contributed by atoms with E-state index in [1.807, 2.05) is 0 Å². The summed E-state index contributed by atoms with van der Waals surface area (Å²) in [6.07, 6.45) is 0. The Morgan fingerprint density at radius 3 is 2.59 bits per heavy atom. The Balaban J connectivity index is 1.68. The molecular weight excluding hydrogens is 440 g/mol. The minimum Gasteiger partial charge on any atom is -0.437 e. The molecular formula is C22H22N8O4. The Bertz CT molecular complexity index is 1310. The molecule has 0 fully saturated rings. The van der Waals surface area contributed by atoms with E-state index in [9.17, 15) is 9.59 Å². The fourth-order valence-corrected chi connectivity index (χ4v) is 3.15. The van der Waals surface area contributed by atoms with Gasteiger partial charge < -0.3 is 36.5 Å². The lowest BCUT2D eigenvalue weighted by Gasteiger charge is -2.21. The zero-order valence-electron chi connectivity index (χ0n) is 18.4. The highest BCUT2D eigenvalue weighted by atomic mass is 16.5.